The van der Waals surface area contributed by atoms with Crippen molar-refractivity contribution >= 4 is 29.2 Å². The summed E-state index contributed by atoms with van der Waals surface area (Å²) in [7, 11) is 0. The predicted octanol–water partition coefficient (Wildman–Crippen LogP) is 2.37. The number of carboxylic acids is 1. The number of halogens is 2. The van der Waals surface area contributed by atoms with Gasteiger partial charge >= 0.3 is 5.97 Å². The van der Waals surface area contributed by atoms with Gasteiger partial charge in [-0.15, -0.1) is 5.10 Å². The van der Waals surface area contributed by atoms with Crippen molar-refractivity contribution in [1.82, 2.24) is 20.2 Å². The van der Waals surface area contributed by atoms with E-state index in [9.17, 15) is 4.79 Å². The molecule has 0 amide bonds. The van der Waals surface area contributed by atoms with Crippen molar-refractivity contribution in [3.8, 4) is 11.4 Å². The summed E-state index contributed by atoms with van der Waals surface area (Å²) in [5.41, 5.74) is 0.605. The van der Waals surface area contributed by atoms with Crippen molar-refractivity contribution < 1.29 is 9.90 Å². The largest absolute Gasteiger partial charge is 0.481 e. The van der Waals surface area contributed by atoms with Crippen LogP contribution < -0.4 is 0 Å². The molecule has 100 valence electrons. The van der Waals surface area contributed by atoms with Crippen LogP contribution in [0.4, 0.5) is 0 Å². The first kappa shape index (κ1) is 13.8. The highest BCUT2D eigenvalue weighted by Crippen LogP contribution is 2.28. The lowest BCUT2D eigenvalue weighted by Gasteiger charge is -2.09. The Hall–Kier alpha value is -1.66. The highest BCUT2D eigenvalue weighted by Gasteiger charge is 2.18. The minimum absolute atomic E-state index is 0.163. The Morgan fingerprint density at radius 2 is 2.21 bits per heavy atom. The van der Waals surface area contributed by atoms with E-state index in [-0.39, 0.29) is 6.54 Å². The Labute approximate surface area is 118 Å². The average molecular weight is 301 g/mol. The molecule has 0 radical (unpaired) electrons. The van der Waals surface area contributed by atoms with E-state index < -0.39 is 11.9 Å². The van der Waals surface area contributed by atoms with E-state index in [2.05, 4.69) is 15.5 Å². The predicted molar refractivity (Wildman–Crippen MR) is 70.1 cm³/mol. The number of nitrogens with zero attached hydrogens (tertiary/aromatic N) is 4. The Bertz CT molecular complexity index is 614. The molecule has 1 unspecified atom stereocenters. The van der Waals surface area contributed by atoms with Gasteiger partial charge in [-0.05, 0) is 28.6 Å². The van der Waals surface area contributed by atoms with Crippen LogP contribution in [0.3, 0.4) is 0 Å². The Kier molecular flexibility index (Phi) is 4.01. The summed E-state index contributed by atoms with van der Waals surface area (Å²) in [5, 5.41) is 21.0. The summed E-state index contributed by atoms with van der Waals surface area (Å²) >= 11 is 11.9. The van der Waals surface area contributed by atoms with Crippen molar-refractivity contribution in [3.05, 3.63) is 28.2 Å². The maximum atomic E-state index is 10.9. The van der Waals surface area contributed by atoms with Gasteiger partial charge in [-0.3, -0.25) is 4.79 Å². The lowest BCUT2D eigenvalue weighted by Crippen LogP contribution is -2.18. The van der Waals surface area contributed by atoms with Crippen LogP contribution in [0.5, 0.6) is 0 Å². The second kappa shape index (κ2) is 5.54. The molecule has 0 saturated carbocycles. The third-order valence-electron chi connectivity index (χ3n) is 2.57. The summed E-state index contributed by atoms with van der Waals surface area (Å²) in [5.74, 6) is -1.10. The number of hydrogen-bond acceptors (Lipinski definition) is 4. The molecule has 0 aliphatic heterocycles. The van der Waals surface area contributed by atoms with Gasteiger partial charge in [-0.25, -0.2) is 4.68 Å². The van der Waals surface area contributed by atoms with Gasteiger partial charge in [-0.2, -0.15) is 0 Å². The van der Waals surface area contributed by atoms with Gasteiger partial charge < -0.3 is 5.11 Å². The SMILES string of the molecule is CC(Cn1nnnc1-c1ccc(Cl)cc1Cl)C(=O)O. The molecular formula is C11H10Cl2N4O2. The van der Waals surface area contributed by atoms with Crippen LogP contribution in [0, 0.1) is 5.92 Å². The topological polar surface area (TPSA) is 80.9 Å². The van der Waals surface area contributed by atoms with Crippen molar-refractivity contribution in [2.45, 2.75) is 13.5 Å². The molecule has 6 nitrogen and oxygen atoms in total. The maximum absolute atomic E-state index is 10.9. The van der Waals surface area contributed by atoms with Gasteiger partial charge in [0, 0.05) is 10.6 Å². The van der Waals surface area contributed by atoms with Crippen LogP contribution >= 0.6 is 23.2 Å². The average Bonchev–Trinajstić information content (AvgIpc) is 2.77. The molecule has 0 fully saturated rings. The highest BCUT2D eigenvalue weighted by molar-refractivity contribution is 6.36. The minimum atomic E-state index is -0.913. The van der Waals surface area contributed by atoms with Crippen LogP contribution in [-0.4, -0.2) is 31.3 Å². The van der Waals surface area contributed by atoms with E-state index in [1.807, 2.05) is 0 Å². The second-order valence-corrected chi connectivity index (χ2v) is 4.89. The normalized spacial score (nSPS) is 12.4. The Morgan fingerprint density at radius 3 is 2.84 bits per heavy atom. The quantitative estimate of drug-likeness (QED) is 0.937. The number of aromatic nitrogens is 4. The fraction of sp³-hybridized carbons (Fsp3) is 0.273. The smallest absolute Gasteiger partial charge is 0.308 e. The molecule has 1 N–H and O–H groups in total. The molecule has 1 atom stereocenters. The molecular weight excluding hydrogens is 291 g/mol. The molecule has 0 aliphatic rings. The first-order valence-corrected chi connectivity index (χ1v) is 6.19. The standard InChI is InChI=1S/C11H10Cl2N4O2/c1-6(11(18)19)5-17-10(14-15-16-17)8-3-2-7(12)4-9(8)13/h2-4,6H,5H2,1H3,(H,18,19). The number of carbonyl (C=O) groups is 1. The summed E-state index contributed by atoms with van der Waals surface area (Å²) < 4.78 is 1.41. The molecule has 0 spiro atoms. The van der Waals surface area contributed by atoms with Gasteiger partial charge in [0.2, 0.25) is 0 Å². The molecule has 1 aromatic heterocycles. The van der Waals surface area contributed by atoms with Gasteiger partial charge in [-0.1, -0.05) is 30.1 Å². The van der Waals surface area contributed by atoms with Crippen molar-refractivity contribution in [2.24, 2.45) is 5.92 Å². The van der Waals surface area contributed by atoms with E-state index in [1.54, 1.807) is 25.1 Å². The van der Waals surface area contributed by atoms with Gasteiger partial charge in [0.05, 0.1) is 17.5 Å². The second-order valence-electron chi connectivity index (χ2n) is 4.05. The number of aliphatic carboxylic acids is 1. The lowest BCUT2D eigenvalue weighted by atomic mass is 10.1. The molecule has 0 bridgehead atoms. The minimum Gasteiger partial charge on any atom is -0.481 e. The Morgan fingerprint density at radius 1 is 1.47 bits per heavy atom. The molecule has 1 heterocycles. The number of benzene rings is 1. The number of hydrogen-bond donors (Lipinski definition) is 1. The van der Waals surface area contributed by atoms with Crippen molar-refractivity contribution in [1.29, 1.82) is 0 Å². The fourth-order valence-electron chi connectivity index (χ4n) is 1.53. The summed E-state index contributed by atoms with van der Waals surface area (Å²) in [6.45, 7) is 1.74. The van der Waals surface area contributed by atoms with Crippen LogP contribution in [0.25, 0.3) is 11.4 Å². The molecule has 19 heavy (non-hydrogen) atoms. The van der Waals surface area contributed by atoms with Crippen LogP contribution in [0.1, 0.15) is 6.92 Å². The zero-order valence-corrected chi connectivity index (χ0v) is 11.4. The maximum Gasteiger partial charge on any atom is 0.308 e. The lowest BCUT2D eigenvalue weighted by molar-refractivity contribution is -0.141. The zero-order chi connectivity index (χ0) is 14.0. The van der Waals surface area contributed by atoms with Crippen LogP contribution in [0.2, 0.25) is 10.0 Å². The van der Waals surface area contributed by atoms with E-state index in [1.165, 1.54) is 4.68 Å². The van der Waals surface area contributed by atoms with Crippen molar-refractivity contribution in [3.63, 3.8) is 0 Å². The number of carboxylic acid groups (broad SMARTS) is 1. The van der Waals surface area contributed by atoms with E-state index in [0.717, 1.165) is 0 Å². The molecule has 1 aromatic carbocycles. The van der Waals surface area contributed by atoms with E-state index in [0.29, 0.717) is 21.4 Å². The Balaban J connectivity index is 2.36. The van der Waals surface area contributed by atoms with Gasteiger partial charge in [0.1, 0.15) is 0 Å². The van der Waals surface area contributed by atoms with E-state index >= 15 is 0 Å². The molecule has 2 rings (SSSR count). The highest BCUT2D eigenvalue weighted by atomic mass is 35.5. The van der Waals surface area contributed by atoms with E-state index in [4.69, 9.17) is 28.3 Å². The first-order valence-electron chi connectivity index (χ1n) is 5.43. The molecule has 8 heteroatoms. The van der Waals surface area contributed by atoms with Crippen molar-refractivity contribution in [2.75, 3.05) is 0 Å². The third-order valence-corrected chi connectivity index (χ3v) is 3.12. The molecule has 2 aromatic rings. The summed E-state index contributed by atoms with van der Waals surface area (Å²) in [4.78, 5) is 10.9. The summed E-state index contributed by atoms with van der Waals surface area (Å²) in [6.07, 6.45) is 0. The van der Waals surface area contributed by atoms with Crippen LogP contribution in [0.15, 0.2) is 18.2 Å². The molecule has 0 saturated heterocycles. The van der Waals surface area contributed by atoms with Gasteiger partial charge in [0.25, 0.3) is 0 Å². The fourth-order valence-corrected chi connectivity index (χ4v) is 2.02. The third kappa shape index (κ3) is 3.02. The number of rotatable bonds is 4. The number of tetrazole rings is 1. The van der Waals surface area contributed by atoms with Crippen LogP contribution in [-0.2, 0) is 11.3 Å². The van der Waals surface area contributed by atoms with Gasteiger partial charge in [0.15, 0.2) is 5.82 Å². The first-order chi connectivity index (χ1) is 8.99. The summed E-state index contributed by atoms with van der Waals surface area (Å²) in [6, 6.07) is 4.94. The zero-order valence-electron chi connectivity index (χ0n) is 9.92. The monoisotopic (exact) mass is 300 g/mol. The molecule has 0 aliphatic carbocycles.